The Morgan fingerprint density at radius 1 is 1.38 bits per heavy atom. The molecule has 1 aromatic heterocycles. The lowest BCUT2D eigenvalue weighted by atomic mass is 10.1. The lowest BCUT2D eigenvalue weighted by Crippen LogP contribution is -2.25. The summed E-state index contributed by atoms with van der Waals surface area (Å²) in [5.41, 5.74) is 3.55. The molecule has 110 valence electrons. The molecule has 1 heterocycles. The van der Waals surface area contributed by atoms with Crippen LogP contribution in [0.2, 0.25) is 0 Å². The third-order valence-corrected chi connectivity index (χ3v) is 3.69. The summed E-state index contributed by atoms with van der Waals surface area (Å²) >= 11 is 0. The molecule has 2 N–H and O–H groups in total. The zero-order valence-corrected chi connectivity index (χ0v) is 12.3. The van der Waals surface area contributed by atoms with Crippen LogP contribution in [0.25, 0.3) is 0 Å². The van der Waals surface area contributed by atoms with Crippen molar-refractivity contribution in [2.75, 3.05) is 5.32 Å². The fraction of sp³-hybridized carbons (Fsp3) is 0.375. The summed E-state index contributed by atoms with van der Waals surface area (Å²) in [7, 11) is 0. The fourth-order valence-corrected chi connectivity index (χ4v) is 2.21. The van der Waals surface area contributed by atoms with Crippen molar-refractivity contribution in [2.45, 2.75) is 39.3 Å². The topological polar surface area (TPSA) is 67.2 Å². The molecule has 1 fully saturated rings. The molecule has 1 saturated carbocycles. The number of amides is 1. The summed E-state index contributed by atoms with van der Waals surface area (Å²) in [5, 5.41) is 10.2. The minimum Gasteiger partial charge on any atom is -0.381 e. The van der Waals surface area contributed by atoms with Crippen LogP contribution in [0.5, 0.6) is 0 Å². The Balaban J connectivity index is 1.66. The van der Waals surface area contributed by atoms with E-state index in [1.165, 1.54) is 0 Å². The van der Waals surface area contributed by atoms with Gasteiger partial charge in [-0.25, -0.2) is 0 Å². The number of carbonyl (C=O) groups excluding carboxylic acids is 1. The zero-order chi connectivity index (χ0) is 14.8. The van der Waals surface area contributed by atoms with Crippen molar-refractivity contribution in [1.29, 1.82) is 0 Å². The number of nitrogens with zero attached hydrogens (tertiary/aromatic N) is 1. The highest BCUT2D eigenvalue weighted by molar-refractivity contribution is 5.95. The van der Waals surface area contributed by atoms with Crippen LogP contribution in [-0.4, -0.2) is 17.1 Å². The molecule has 0 spiro atoms. The number of rotatable bonds is 5. The van der Waals surface area contributed by atoms with Crippen molar-refractivity contribution < 1.29 is 9.32 Å². The molecule has 5 nitrogen and oxygen atoms in total. The second-order valence-corrected chi connectivity index (χ2v) is 5.48. The lowest BCUT2D eigenvalue weighted by Gasteiger charge is -2.08. The van der Waals surface area contributed by atoms with E-state index >= 15 is 0 Å². The van der Waals surface area contributed by atoms with Crippen molar-refractivity contribution in [3.8, 4) is 0 Å². The molecular formula is C16H19N3O2. The molecule has 1 aromatic carbocycles. The molecule has 21 heavy (non-hydrogen) atoms. The van der Waals surface area contributed by atoms with Gasteiger partial charge in [0.1, 0.15) is 5.76 Å². The molecule has 0 radical (unpaired) electrons. The maximum absolute atomic E-state index is 12.0. The SMILES string of the molecule is Cc1noc(C)c1CNc1cccc(C(=O)NC2CC2)c1. The first-order chi connectivity index (χ1) is 10.1. The number of benzene rings is 1. The van der Waals surface area contributed by atoms with Gasteiger partial charge in [-0.3, -0.25) is 4.79 Å². The highest BCUT2D eigenvalue weighted by Crippen LogP contribution is 2.20. The van der Waals surface area contributed by atoms with Gasteiger partial charge >= 0.3 is 0 Å². The van der Waals surface area contributed by atoms with E-state index in [0.29, 0.717) is 18.2 Å². The minimum absolute atomic E-state index is 0.00140. The molecule has 1 amide bonds. The molecule has 0 atom stereocenters. The first-order valence-electron chi connectivity index (χ1n) is 7.20. The summed E-state index contributed by atoms with van der Waals surface area (Å²) in [4.78, 5) is 12.0. The van der Waals surface area contributed by atoms with Gasteiger partial charge < -0.3 is 15.2 Å². The van der Waals surface area contributed by atoms with Crippen LogP contribution in [0.4, 0.5) is 5.69 Å². The second kappa shape index (κ2) is 5.60. The number of anilines is 1. The average molecular weight is 285 g/mol. The molecule has 0 aliphatic heterocycles. The predicted molar refractivity (Wildman–Crippen MR) is 80.2 cm³/mol. The maximum Gasteiger partial charge on any atom is 0.251 e. The van der Waals surface area contributed by atoms with E-state index in [1.807, 2.05) is 38.1 Å². The van der Waals surface area contributed by atoms with E-state index in [0.717, 1.165) is 35.5 Å². The van der Waals surface area contributed by atoms with Crippen molar-refractivity contribution in [3.05, 3.63) is 46.8 Å². The van der Waals surface area contributed by atoms with E-state index < -0.39 is 0 Å². The lowest BCUT2D eigenvalue weighted by molar-refractivity contribution is 0.0951. The van der Waals surface area contributed by atoms with Crippen LogP contribution >= 0.6 is 0 Å². The summed E-state index contributed by atoms with van der Waals surface area (Å²) in [5.74, 6) is 0.820. The number of aryl methyl sites for hydroxylation is 2. The zero-order valence-electron chi connectivity index (χ0n) is 12.3. The van der Waals surface area contributed by atoms with Gasteiger partial charge in [0.25, 0.3) is 5.91 Å². The Kier molecular flexibility index (Phi) is 3.64. The molecule has 3 rings (SSSR count). The third kappa shape index (κ3) is 3.24. The number of hydrogen-bond acceptors (Lipinski definition) is 4. The normalized spacial score (nSPS) is 14.0. The van der Waals surface area contributed by atoms with E-state index in [4.69, 9.17) is 4.52 Å². The summed E-state index contributed by atoms with van der Waals surface area (Å²) in [6.45, 7) is 4.46. The van der Waals surface area contributed by atoms with Gasteiger partial charge in [0, 0.05) is 29.4 Å². The number of hydrogen-bond donors (Lipinski definition) is 2. The van der Waals surface area contributed by atoms with E-state index in [1.54, 1.807) is 0 Å². The van der Waals surface area contributed by atoms with Crippen LogP contribution in [0, 0.1) is 13.8 Å². The van der Waals surface area contributed by atoms with Crippen LogP contribution < -0.4 is 10.6 Å². The van der Waals surface area contributed by atoms with Crippen molar-refractivity contribution in [2.24, 2.45) is 0 Å². The van der Waals surface area contributed by atoms with E-state index in [2.05, 4.69) is 15.8 Å². The van der Waals surface area contributed by atoms with Crippen LogP contribution in [0.15, 0.2) is 28.8 Å². The van der Waals surface area contributed by atoms with Gasteiger partial charge in [0.2, 0.25) is 0 Å². The molecule has 0 bridgehead atoms. The summed E-state index contributed by atoms with van der Waals surface area (Å²) < 4.78 is 5.14. The Morgan fingerprint density at radius 2 is 2.19 bits per heavy atom. The van der Waals surface area contributed by atoms with E-state index in [9.17, 15) is 4.79 Å². The van der Waals surface area contributed by atoms with Crippen molar-refractivity contribution >= 4 is 11.6 Å². The standard InChI is InChI=1S/C16H19N3O2/c1-10-15(11(2)21-19-10)9-17-14-5-3-4-12(8-14)16(20)18-13-6-7-13/h3-5,8,13,17H,6-7,9H2,1-2H3,(H,18,20). The van der Waals surface area contributed by atoms with Crippen LogP contribution in [-0.2, 0) is 6.54 Å². The molecular weight excluding hydrogens is 266 g/mol. The average Bonchev–Trinajstić information content (AvgIpc) is 3.23. The second-order valence-electron chi connectivity index (χ2n) is 5.48. The third-order valence-electron chi connectivity index (χ3n) is 3.69. The van der Waals surface area contributed by atoms with Gasteiger partial charge in [-0.05, 0) is 44.9 Å². The minimum atomic E-state index is -0.00140. The summed E-state index contributed by atoms with van der Waals surface area (Å²) in [6.07, 6.45) is 2.19. The first-order valence-corrected chi connectivity index (χ1v) is 7.20. The Labute approximate surface area is 123 Å². The smallest absolute Gasteiger partial charge is 0.251 e. The van der Waals surface area contributed by atoms with E-state index in [-0.39, 0.29) is 5.91 Å². The predicted octanol–water partition coefficient (Wildman–Crippen LogP) is 2.80. The largest absolute Gasteiger partial charge is 0.381 e. The quantitative estimate of drug-likeness (QED) is 0.886. The molecule has 1 aliphatic carbocycles. The van der Waals surface area contributed by atoms with Crippen LogP contribution in [0.3, 0.4) is 0 Å². The Hall–Kier alpha value is -2.30. The molecule has 0 saturated heterocycles. The van der Waals surface area contributed by atoms with Gasteiger partial charge in [0.15, 0.2) is 0 Å². The molecule has 5 heteroatoms. The highest BCUT2D eigenvalue weighted by Gasteiger charge is 2.23. The van der Waals surface area contributed by atoms with Gasteiger partial charge in [-0.1, -0.05) is 11.2 Å². The molecule has 1 aliphatic rings. The van der Waals surface area contributed by atoms with Gasteiger partial charge in [0.05, 0.1) is 5.69 Å². The molecule has 2 aromatic rings. The Bertz CT molecular complexity index is 640. The monoisotopic (exact) mass is 285 g/mol. The molecule has 0 unspecified atom stereocenters. The van der Waals surface area contributed by atoms with Crippen molar-refractivity contribution in [1.82, 2.24) is 10.5 Å². The highest BCUT2D eigenvalue weighted by atomic mass is 16.5. The summed E-state index contributed by atoms with van der Waals surface area (Å²) in [6, 6.07) is 7.91. The van der Waals surface area contributed by atoms with Crippen molar-refractivity contribution in [3.63, 3.8) is 0 Å². The maximum atomic E-state index is 12.0. The van der Waals surface area contributed by atoms with Gasteiger partial charge in [-0.15, -0.1) is 0 Å². The fourth-order valence-electron chi connectivity index (χ4n) is 2.21. The first kappa shape index (κ1) is 13.7. The Morgan fingerprint density at radius 3 is 2.86 bits per heavy atom. The number of carbonyl (C=O) groups is 1. The number of nitrogens with one attached hydrogen (secondary N) is 2. The van der Waals surface area contributed by atoms with Gasteiger partial charge in [-0.2, -0.15) is 0 Å². The number of aromatic nitrogens is 1. The van der Waals surface area contributed by atoms with Crippen LogP contribution in [0.1, 0.15) is 40.2 Å².